The number of aromatic hydroxyl groups is 1. The topological polar surface area (TPSA) is 102 Å². The summed E-state index contributed by atoms with van der Waals surface area (Å²) in [5.41, 5.74) is 6.58. The minimum Gasteiger partial charge on any atom is -0.508 e. The summed E-state index contributed by atoms with van der Waals surface area (Å²) in [6, 6.07) is 4.92. The van der Waals surface area contributed by atoms with Crippen LogP contribution in [0, 0.1) is 0 Å². The lowest BCUT2D eigenvalue weighted by Crippen LogP contribution is -2.48. The maximum Gasteiger partial charge on any atom is 0.328 e. The van der Waals surface area contributed by atoms with Gasteiger partial charge >= 0.3 is 5.97 Å². The number of hydrogen-bond donors (Lipinski definition) is 3. The van der Waals surface area contributed by atoms with Crippen molar-refractivity contribution in [2.75, 3.05) is 7.11 Å². The van der Waals surface area contributed by atoms with Crippen molar-refractivity contribution in [3.63, 3.8) is 0 Å². The van der Waals surface area contributed by atoms with Crippen LogP contribution in [0.2, 0.25) is 0 Å². The largest absolute Gasteiger partial charge is 0.508 e. The standard InChI is InChI=1S/C13H18N2O4/c1-8(13(18)19-2)15-12(17)11(14)7-9-3-5-10(16)6-4-9/h3-6,8,11,16H,7,14H2,1-2H3,(H,15,17)/t8?,11-/m0/s1. The van der Waals surface area contributed by atoms with Crippen molar-refractivity contribution in [2.45, 2.75) is 25.4 Å². The Labute approximate surface area is 111 Å². The van der Waals surface area contributed by atoms with Crippen LogP contribution in [-0.4, -0.2) is 36.2 Å². The van der Waals surface area contributed by atoms with Gasteiger partial charge in [0.15, 0.2) is 0 Å². The van der Waals surface area contributed by atoms with Crippen molar-refractivity contribution in [1.29, 1.82) is 0 Å². The maximum atomic E-state index is 11.8. The van der Waals surface area contributed by atoms with Crippen molar-refractivity contribution in [3.05, 3.63) is 29.8 Å². The first-order chi connectivity index (χ1) is 8.93. The molecular weight excluding hydrogens is 248 g/mol. The predicted octanol–water partition coefficient (Wildman–Crippen LogP) is -0.0603. The molecule has 0 bridgehead atoms. The molecule has 0 fully saturated rings. The molecule has 1 aromatic carbocycles. The number of amides is 1. The molecule has 6 heteroatoms. The molecule has 0 heterocycles. The SMILES string of the molecule is COC(=O)C(C)NC(=O)[C@@H](N)Cc1ccc(O)cc1. The summed E-state index contributed by atoms with van der Waals surface area (Å²) in [5, 5.41) is 11.6. The molecule has 0 aliphatic heterocycles. The lowest BCUT2D eigenvalue weighted by molar-refractivity contribution is -0.144. The van der Waals surface area contributed by atoms with Gasteiger partial charge in [0.05, 0.1) is 13.2 Å². The monoisotopic (exact) mass is 266 g/mol. The van der Waals surface area contributed by atoms with Crippen LogP contribution in [-0.2, 0) is 20.7 Å². The van der Waals surface area contributed by atoms with Gasteiger partial charge in [0, 0.05) is 0 Å². The van der Waals surface area contributed by atoms with Crippen LogP contribution < -0.4 is 11.1 Å². The average Bonchev–Trinajstić information content (AvgIpc) is 2.40. The van der Waals surface area contributed by atoms with Gasteiger partial charge in [0.25, 0.3) is 0 Å². The third-order valence-corrected chi connectivity index (χ3v) is 2.64. The molecule has 0 aliphatic rings. The van der Waals surface area contributed by atoms with Gasteiger partial charge in [-0.1, -0.05) is 12.1 Å². The fraction of sp³-hybridized carbons (Fsp3) is 0.385. The van der Waals surface area contributed by atoms with Crippen LogP contribution in [0.4, 0.5) is 0 Å². The van der Waals surface area contributed by atoms with Crippen LogP contribution in [0.1, 0.15) is 12.5 Å². The normalized spacial score (nSPS) is 13.4. The van der Waals surface area contributed by atoms with Gasteiger partial charge < -0.3 is 20.9 Å². The number of carbonyl (C=O) groups excluding carboxylic acids is 2. The summed E-state index contributed by atoms with van der Waals surface area (Å²) >= 11 is 0. The van der Waals surface area contributed by atoms with Gasteiger partial charge in [-0.3, -0.25) is 4.79 Å². The number of esters is 1. The zero-order valence-corrected chi connectivity index (χ0v) is 10.9. The predicted molar refractivity (Wildman–Crippen MR) is 69.4 cm³/mol. The lowest BCUT2D eigenvalue weighted by Gasteiger charge is -2.16. The van der Waals surface area contributed by atoms with E-state index >= 15 is 0 Å². The van der Waals surface area contributed by atoms with Crippen molar-refractivity contribution in [1.82, 2.24) is 5.32 Å². The molecule has 0 saturated carbocycles. The molecule has 0 radical (unpaired) electrons. The second-order valence-corrected chi connectivity index (χ2v) is 4.23. The Balaban J connectivity index is 2.53. The summed E-state index contributed by atoms with van der Waals surface area (Å²) in [5.74, 6) is -0.794. The Morgan fingerprint density at radius 3 is 2.47 bits per heavy atom. The molecule has 0 saturated heterocycles. The molecule has 4 N–H and O–H groups in total. The zero-order valence-electron chi connectivity index (χ0n) is 10.9. The Morgan fingerprint density at radius 2 is 1.95 bits per heavy atom. The van der Waals surface area contributed by atoms with Crippen molar-refractivity contribution in [2.24, 2.45) is 5.73 Å². The van der Waals surface area contributed by atoms with E-state index in [-0.39, 0.29) is 5.75 Å². The van der Waals surface area contributed by atoms with Gasteiger partial charge in [-0.05, 0) is 31.0 Å². The van der Waals surface area contributed by atoms with Crippen molar-refractivity contribution < 1.29 is 19.4 Å². The number of phenols is 1. The molecule has 0 spiro atoms. The van der Waals surface area contributed by atoms with Gasteiger partial charge in [0.2, 0.25) is 5.91 Å². The Hall–Kier alpha value is -2.08. The zero-order chi connectivity index (χ0) is 14.4. The summed E-state index contributed by atoms with van der Waals surface area (Å²) < 4.78 is 4.50. The van der Waals surface area contributed by atoms with E-state index < -0.39 is 24.0 Å². The summed E-state index contributed by atoms with van der Waals surface area (Å²) in [7, 11) is 1.25. The fourth-order valence-electron chi connectivity index (χ4n) is 1.53. The average molecular weight is 266 g/mol. The Bertz CT molecular complexity index is 444. The molecule has 0 aromatic heterocycles. The number of phenolic OH excluding ortho intramolecular Hbond substituents is 1. The van der Waals surface area contributed by atoms with Crippen LogP contribution in [0.3, 0.4) is 0 Å². The van der Waals surface area contributed by atoms with Crippen molar-refractivity contribution >= 4 is 11.9 Å². The summed E-state index contributed by atoms with van der Waals surface area (Å²) in [6.07, 6.45) is 0.319. The van der Waals surface area contributed by atoms with E-state index in [2.05, 4.69) is 10.1 Å². The fourth-order valence-corrected chi connectivity index (χ4v) is 1.53. The Morgan fingerprint density at radius 1 is 1.37 bits per heavy atom. The molecule has 104 valence electrons. The van der Waals surface area contributed by atoms with Crippen molar-refractivity contribution in [3.8, 4) is 5.75 Å². The van der Waals surface area contributed by atoms with Crippen LogP contribution in [0.25, 0.3) is 0 Å². The van der Waals surface area contributed by atoms with Gasteiger partial charge in [0.1, 0.15) is 11.8 Å². The van der Waals surface area contributed by atoms with Gasteiger partial charge in [-0.2, -0.15) is 0 Å². The first-order valence-corrected chi connectivity index (χ1v) is 5.85. The molecule has 19 heavy (non-hydrogen) atoms. The first-order valence-electron chi connectivity index (χ1n) is 5.85. The highest BCUT2D eigenvalue weighted by Crippen LogP contribution is 2.10. The molecule has 1 unspecified atom stereocenters. The summed E-state index contributed by atoms with van der Waals surface area (Å²) in [6.45, 7) is 1.52. The van der Waals surface area contributed by atoms with E-state index in [9.17, 15) is 9.59 Å². The minimum atomic E-state index is -0.767. The number of ether oxygens (including phenoxy) is 1. The van der Waals surface area contributed by atoms with Crippen LogP contribution >= 0.6 is 0 Å². The second-order valence-electron chi connectivity index (χ2n) is 4.23. The van der Waals surface area contributed by atoms with E-state index in [0.29, 0.717) is 6.42 Å². The van der Waals surface area contributed by atoms with Gasteiger partial charge in [-0.25, -0.2) is 4.79 Å². The molecule has 6 nitrogen and oxygen atoms in total. The Kier molecular flexibility index (Phi) is 5.32. The molecular formula is C13H18N2O4. The number of methoxy groups -OCH3 is 1. The molecule has 0 aliphatic carbocycles. The third kappa shape index (κ3) is 4.59. The minimum absolute atomic E-state index is 0.154. The summed E-state index contributed by atoms with van der Waals surface area (Å²) in [4.78, 5) is 22.9. The molecule has 2 atom stereocenters. The molecule has 1 aromatic rings. The van der Waals surface area contributed by atoms with E-state index in [0.717, 1.165) is 5.56 Å². The highest BCUT2D eigenvalue weighted by molar-refractivity contribution is 5.87. The quantitative estimate of drug-likeness (QED) is 0.648. The number of nitrogens with two attached hydrogens (primary N) is 1. The van der Waals surface area contributed by atoms with E-state index in [1.807, 2.05) is 0 Å². The lowest BCUT2D eigenvalue weighted by atomic mass is 10.1. The van der Waals surface area contributed by atoms with E-state index in [1.165, 1.54) is 26.2 Å². The number of benzene rings is 1. The first kappa shape index (κ1) is 15.0. The highest BCUT2D eigenvalue weighted by atomic mass is 16.5. The smallest absolute Gasteiger partial charge is 0.328 e. The third-order valence-electron chi connectivity index (χ3n) is 2.64. The number of rotatable bonds is 5. The second kappa shape index (κ2) is 6.75. The van der Waals surface area contributed by atoms with E-state index in [4.69, 9.17) is 10.8 Å². The van der Waals surface area contributed by atoms with E-state index in [1.54, 1.807) is 12.1 Å². The number of hydrogen-bond acceptors (Lipinski definition) is 5. The molecule has 1 amide bonds. The van der Waals surface area contributed by atoms with Crippen LogP contribution in [0.5, 0.6) is 5.75 Å². The van der Waals surface area contributed by atoms with Gasteiger partial charge in [-0.15, -0.1) is 0 Å². The number of nitrogens with one attached hydrogen (secondary N) is 1. The maximum absolute atomic E-state index is 11.8. The molecule has 1 rings (SSSR count). The number of carbonyl (C=O) groups is 2. The highest BCUT2D eigenvalue weighted by Gasteiger charge is 2.20. The van der Waals surface area contributed by atoms with Crippen LogP contribution in [0.15, 0.2) is 24.3 Å².